The van der Waals surface area contributed by atoms with Crippen molar-refractivity contribution in [2.45, 2.75) is 6.61 Å². The average molecular weight is 600 g/mol. The molecule has 1 aliphatic rings. The van der Waals surface area contributed by atoms with Crippen LogP contribution in [0.3, 0.4) is 0 Å². The third kappa shape index (κ3) is 7.32. The maximum atomic E-state index is 13.0. The fourth-order valence-corrected chi connectivity index (χ4v) is 4.93. The molecule has 0 radical (unpaired) electrons. The van der Waals surface area contributed by atoms with Gasteiger partial charge in [0.25, 0.3) is 5.91 Å². The van der Waals surface area contributed by atoms with E-state index in [1.165, 1.54) is 12.1 Å². The van der Waals surface area contributed by atoms with E-state index in [9.17, 15) is 13.6 Å². The predicted octanol–water partition coefficient (Wildman–Crippen LogP) is 4.39. The molecule has 5 rings (SSSR count). The summed E-state index contributed by atoms with van der Waals surface area (Å²) in [6, 6.07) is 11.4. The lowest BCUT2D eigenvalue weighted by Gasteiger charge is -2.27. The molecule has 0 aliphatic carbocycles. The third-order valence-corrected chi connectivity index (χ3v) is 7.26. The second kappa shape index (κ2) is 13.9. The zero-order valence-corrected chi connectivity index (χ0v) is 23.9. The third-order valence-electron chi connectivity index (χ3n) is 6.94. The fraction of sp³-hybridized carbons (Fsp3) is 0.345. The topological polar surface area (TPSA) is 96.3 Å². The maximum absolute atomic E-state index is 13.0. The number of benzene rings is 2. The highest BCUT2D eigenvalue weighted by atomic mass is 35.5. The van der Waals surface area contributed by atoms with E-state index in [0.29, 0.717) is 47.5 Å². The van der Waals surface area contributed by atoms with Gasteiger partial charge in [-0.1, -0.05) is 11.6 Å². The minimum Gasteiger partial charge on any atom is -0.435 e. The molecule has 1 saturated heterocycles. The van der Waals surface area contributed by atoms with Crippen molar-refractivity contribution >= 4 is 34.7 Å². The van der Waals surface area contributed by atoms with E-state index in [1.54, 1.807) is 60.9 Å². The number of ether oxygens (including phenoxy) is 2. The summed E-state index contributed by atoms with van der Waals surface area (Å²) in [4.78, 5) is 25.9. The Morgan fingerprint density at radius 1 is 1.14 bits per heavy atom. The van der Waals surface area contributed by atoms with Crippen molar-refractivity contribution in [2.24, 2.45) is 0 Å². The second-order valence-corrected chi connectivity index (χ2v) is 10.2. The normalized spacial score (nSPS) is 13.9. The molecule has 0 atom stereocenters. The van der Waals surface area contributed by atoms with Crippen LogP contribution in [0, 0.1) is 0 Å². The summed E-state index contributed by atoms with van der Waals surface area (Å²) in [5, 5.41) is 6.85. The molecule has 0 unspecified atom stereocenters. The lowest BCUT2D eigenvalue weighted by molar-refractivity contribution is -0.0498. The molecule has 2 N–H and O–H groups in total. The molecule has 1 fully saturated rings. The monoisotopic (exact) mass is 599 g/mol. The number of nitrogens with zero attached hydrogens (tertiary/aromatic N) is 5. The second-order valence-electron chi connectivity index (χ2n) is 9.77. The number of likely N-dealkylation sites (N-methyl/N-ethyl adjacent to an activating group) is 1. The van der Waals surface area contributed by atoms with Crippen LogP contribution in [0.2, 0.25) is 5.02 Å². The summed E-state index contributed by atoms with van der Waals surface area (Å²) >= 11 is 6.52. The van der Waals surface area contributed by atoms with Crippen LogP contribution in [0.4, 0.5) is 20.3 Å². The number of piperazine rings is 1. The van der Waals surface area contributed by atoms with Crippen molar-refractivity contribution in [3.63, 3.8) is 0 Å². The molecule has 0 spiro atoms. The molecule has 10 nitrogen and oxygen atoms in total. The van der Waals surface area contributed by atoms with Crippen LogP contribution in [-0.4, -0.2) is 96.2 Å². The molecule has 2 aromatic heterocycles. The van der Waals surface area contributed by atoms with Crippen LogP contribution >= 0.6 is 11.6 Å². The molecule has 4 aromatic rings. The van der Waals surface area contributed by atoms with E-state index < -0.39 is 6.61 Å². The number of hydrogen-bond donors (Lipinski definition) is 2. The SMILES string of the molecule is CN(CCOCCN1CCNCC1)C(=O)c1ccc(Nc2nccn3c(-c4ccc(OC(F)F)cc4)cnc23)cc1Cl. The van der Waals surface area contributed by atoms with Crippen molar-refractivity contribution < 1.29 is 23.0 Å². The number of rotatable bonds is 12. The zero-order valence-electron chi connectivity index (χ0n) is 23.1. The highest BCUT2D eigenvalue weighted by Gasteiger charge is 2.17. The van der Waals surface area contributed by atoms with Gasteiger partial charge in [-0.2, -0.15) is 8.78 Å². The van der Waals surface area contributed by atoms with Gasteiger partial charge >= 0.3 is 6.61 Å². The van der Waals surface area contributed by atoms with Gasteiger partial charge < -0.3 is 25.0 Å². The molecular formula is C29H32ClF2N7O3. The predicted molar refractivity (Wildman–Crippen MR) is 157 cm³/mol. The van der Waals surface area contributed by atoms with E-state index in [2.05, 4.69) is 30.2 Å². The summed E-state index contributed by atoms with van der Waals surface area (Å²) in [7, 11) is 1.73. The average Bonchev–Trinajstić information content (AvgIpc) is 3.42. The molecule has 3 heterocycles. The molecule has 0 saturated carbocycles. The molecular weight excluding hydrogens is 568 g/mol. The Hall–Kier alpha value is -3.84. The minimum absolute atomic E-state index is 0.0753. The van der Waals surface area contributed by atoms with Gasteiger partial charge in [0.05, 0.1) is 35.7 Å². The van der Waals surface area contributed by atoms with Crippen LogP contribution in [0.25, 0.3) is 16.9 Å². The van der Waals surface area contributed by atoms with E-state index in [1.807, 2.05) is 4.40 Å². The van der Waals surface area contributed by atoms with Crippen LogP contribution < -0.4 is 15.4 Å². The number of halogens is 3. The van der Waals surface area contributed by atoms with Crippen molar-refractivity contribution in [3.8, 4) is 17.0 Å². The van der Waals surface area contributed by atoms with Crippen LogP contribution in [0.1, 0.15) is 10.4 Å². The molecule has 0 bridgehead atoms. The summed E-state index contributed by atoms with van der Waals surface area (Å²) < 4.78 is 37.0. The number of aromatic nitrogens is 3. The molecule has 42 heavy (non-hydrogen) atoms. The number of alkyl halides is 2. The number of hydrogen-bond acceptors (Lipinski definition) is 8. The van der Waals surface area contributed by atoms with Crippen molar-refractivity contribution in [2.75, 3.05) is 64.8 Å². The number of fused-ring (bicyclic) bond motifs is 1. The summed E-state index contributed by atoms with van der Waals surface area (Å²) in [6.45, 7) is 3.58. The van der Waals surface area contributed by atoms with Gasteiger partial charge in [-0.05, 0) is 42.5 Å². The van der Waals surface area contributed by atoms with Gasteiger partial charge in [-0.3, -0.25) is 14.1 Å². The first-order chi connectivity index (χ1) is 20.4. The highest BCUT2D eigenvalue weighted by molar-refractivity contribution is 6.34. The number of carbonyl (C=O) groups excluding carboxylic acids is 1. The van der Waals surface area contributed by atoms with Crippen molar-refractivity contribution in [3.05, 3.63) is 71.6 Å². The fourth-order valence-electron chi connectivity index (χ4n) is 4.67. The van der Waals surface area contributed by atoms with Crippen molar-refractivity contribution in [1.29, 1.82) is 0 Å². The number of carbonyl (C=O) groups is 1. The molecule has 222 valence electrons. The van der Waals surface area contributed by atoms with Crippen LogP contribution in [0.5, 0.6) is 5.75 Å². The zero-order chi connectivity index (χ0) is 29.5. The van der Waals surface area contributed by atoms with E-state index in [0.717, 1.165) is 44.0 Å². The van der Waals surface area contributed by atoms with Crippen LogP contribution in [0.15, 0.2) is 61.1 Å². The maximum Gasteiger partial charge on any atom is 0.387 e. The first-order valence-electron chi connectivity index (χ1n) is 13.6. The van der Waals surface area contributed by atoms with Gasteiger partial charge in [0.1, 0.15) is 5.75 Å². The number of nitrogens with one attached hydrogen (secondary N) is 2. The van der Waals surface area contributed by atoms with Gasteiger partial charge in [0, 0.05) is 70.0 Å². The summed E-state index contributed by atoms with van der Waals surface area (Å²) in [5.74, 6) is 0.360. The Bertz CT molecular complexity index is 1500. The molecule has 2 aromatic carbocycles. The Balaban J connectivity index is 1.19. The Labute approximate surface area is 247 Å². The number of imidazole rings is 1. The summed E-state index contributed by atoms with van der Waals surface area (Å²) in [5.41, 5.74) is 3.08. The molecule has 1 aliphatic heterocycles. The first-order valence-corrected chi connectivity index (χ1v) is 14.0. The minimum atomic E-state index is -2.88. The smallest absolute Gasteiger partial charge is 0.387 e. The number of anilines is 2. The molecule has 13 heteroatoms. The van der Waals surface area contributed by atoms with Gasteiger partial charge in [0.15, 0.2) is 11.5 Å². The van der Waals surface area contributed by atoms with Gasteiger partial charge in [-0.15, -0.1) is 0 Å². The van der Waals surface area contributed by atoms with E-state index in [-0.39, 0.29) is 11.7 Å². The van der Waals surface area contributed by atoms with Crippen LogP contribution in [-0.2, 0) is 4.74 Å². The van der Waals surface area contributed by atoms with E-state index in [4.69, 9.17) is 16.3 Å². The lowest BCUT2D eigenvalue weighted by Crippen LogP contribution is -2.44. The number of amides is 1. The van der Waals surface area contributed by atoms with Gasteiger partial charge in [-0.25, -0.2) is 9.97 Å². The van der Waals surface area contributed by atoms with Crippen molar-refractivity contribution in [1.82, 2.24) is 29.5 Å². The Morgan fingerprint density at radius 3 is 2.67 bits per heavy atom. The standard InChI is InChI=1S/C29H32ClF2N7O3/c1-37(14-16-41-17-15-38-11-8-33-9-12-38)28(40)23-7-4-21(18-24(23)30)36-26-27-35-19-25(39(27)13-10-34-26)20-2-5-22(6-3-20)42-29(31)32/h2-7,10,13,18-19,29,33H,8-9,11-12,14-17H2,1H3,(H,34,36). The Morgan fingerprint density at radius 2 is 1.93 bits per heavy atom. The Kier molecular flexibility index (Phi) is 9.80. The van der Waals surface area contributed by atoms with Gasteiger partial charge in [0.2, 0.25) is 0 Å². The molecule has 1 amide bonds. The highest BCUT2D eigenvalue weighted by Crippen LogP contribution is 2.29. The summed E-state index contributed by atoms with van der Waals surface area (Å²) in [6.07, 6.45) is 5.05. The van der Waals surface area contributed by atoms with E-state index >= 15 is 0 Å². The lowest BCUT2D eigenvalue weighted by atomic mass is 10.1. The first kappa shape index (κ1) is 29.6. The largest absolute Gasteiger partial charge is 0.435 e. The quantitative estimate of drug-likeness (QED) is 0.232.